The normalized spacial score (nSPS) is 20.6. The van der Waals surface area contributed by atoms with Crippen LogP contribution < -0.4 is 4.74 Å². The molecule has 0 N–H and O–H groups in total. The maximum atomic E-state index is 12.8. The molecule has 11 heteroatoms. The Morgan fingerprint density at radius 3 is 2.55 bits per heavy atom. The van der Waals surface area contributed by atoms with Crippen molar-refractivity contribution in [3.8, 4) is 33.5 Å². The van der Waals surface area contributed by atoms with E-state index in [1.165, 1.54) is 0 Å². The molecule has 2 aromatic carbocycles. The van der Waals surface area contributed by atoms with E-state index in [2.05, 4.69) is 36.1 Å². The van der Waals surface area contributed by atoms with Gasteiger partial charge in [0.25, 0.3) is 5.89 Å². The summed E-state index contributed by atoms with van der Waals surface area (Å²) in [6, 6.07) is 14.0. The number of hydrogen-bond acceptors (Lipinski definition) is 9. The highest BCUT2D eigenvalue weighted by atomic mass is 32.1. The molecule has 0 spiro atoms. The fourth-order valence-electron chi connectivity index (χ4n) is 5.91. The third-order valence-electron chi connectivity index (χ3n) is 8.63. The van der Waals surface area contributed by atoms with Gasteiger partial charge in [-0.05, 0) is 61.6 Å². The molecule has 1 saturated carbocycles. The van der Waals surface area contributed by atoms with E-state index in [9.17, 15) is 9.59 Å². The summed E-state index contributed by atoms with van der Waals surface area (Å²) in [5.74, 6) is 3.27. The second kappa shape index (κ2) is 11.8. The standard InChI is InChI=1S/C33H36N6O4S/c1-19(2)32-35-36-33(44-32)21-7-11-26(12-8-21)42-27-14-22(5-6-23(27)17-38-16-20(3)4-13-28(38)40)31-34-30(37-43-31)24-15-29(41)39(18-24)25-9-10-25/h5-8,11-12,14,19-20,24-25H,4,9-10,13,15-18H2,1-3H3/t20?,24-/m0/s1. The van der Waals surface area contributed by atoms with Crippen molar-refractivity contribution in [1.82, 2.24) is 30.1 Å². The van der Waals surface area contributed by atoms with Gasteiger partial charge < -0.3 is 19.1 Å². The lowest BCUT2D eigenvalue weighted by molar-refractivity contribution is -0.135. The number of amides is 2. The number of carbonyl (C=O) groups is 2. The lowest BCUT2D eigenvalue weighted by Crippen LogP contribution is -2.38. The van der Waals surface area contributed by atoms with Gasteiger partial charge in [-0.25, -0.2) is 0 Å². The third kappa shape index (κ3) is 5.97. The molecule has 4 aromatic rings. The molecule has 3 aliphatic rings. The Bertz CT molecular complexity index is 1680. The lowest BCUT2D eigenvalue weighted by Gasteiger charge is -2.31. The van der Waals surface area contributed by atoms with Crippen LogP contribution >= 0.6 is 11.3 Å². The van der Waals surface area contributed by atoms with Crippen LogP contribution in [0.4, 0.5) is 0 Å². The first-order chi connectivity index (χ1) is 21.3. The van der Waals surface area contributed by atoms with Crippen molar-refractivity contribution in [3.63, 3.8) is 0 Å². The fraction of sp³-hybridized carbons (Fsp3) is 0.455. The molecule has 0 radical (unpaired) electrons. The zero-order valence-electron chi connectivity index (χ0n) is 25.2. The summed E-state index contributed by atoms with van der Waals surface area (Å²) in [5.41, 5.74) is 2.59. The molecule has 2 atom stereocenters. The van der Waals surface area contributed by atoms with E-state index in [1.54, 1.807) is 11.3 Å². The van der Waals surface area contributed by atoms with Gasteiger partial charge in [0, 0.05) is 67.0 Å². The molecule has 44 heavy (non-hydrogen) atoms. The minimum atomic E-state index is -0.0640. The van der Waals surface area contributed by atoms with Gasteiger partial charge in [0.1, 0.15) is 21.5 Å². The van der Waals surface area contributed by atoms with Gasteiger partial charge in [-0.2, -0.15) is 4.98 Å². The molecule has 10 nitrogen and oxygen atoms in total. The van der Waals surface area contributed by atoms with Gasteiger partial charge in [0.05, 0.1) is 0 Å². The molecule has 2 aliphatic heterocycles. The van der Waals surface area contributed by atoms with Crippen molar-refractivity contribution in [2.24, 2.45) is 5.92 Å². The number of benzene rings is 2. The van der Waals surface area contributed by atoms with Gasteiger partial charge in [-0.3, -0.25) is 9.59 Å². The van der Waals surface area contributed by atoms with Crippen molar-refractivity contribution in [1.29, 1.82) is 0 Å². The molecular formula is C33H36N6O4S. The van der Waals surface area contributed by atoms with E-state index in [-0.39, 0.29) is 17.7 Å². The average molecular weight is 613 g/mol. The van der Waals surface area contributed by atoms with Gasteiger partial charge in [-0.1, -0.05) is 43.3 Å². The predicted octanol–water partition coefficient (Wildman–Crippen LogP) is 6.41. The van der Waals surface area contributed by atoms with Crippen LogP contribution in [-0.4, -0.2) is 61.1 Å². The number of piperidine rings is 1. The monoisotopic (exact) mass is 612 g/mol. The molecule has 0 bridgehead atoms. The number of hydrogen-bond donors (Lipinski definition) is 0. The van der Waals surface area contributed by atoms with Crippen LogP contribution in [0.25, 0.3) is 22.0 Å². The van der Waals surface area contributed by atoms with E-state index in [0.717, 1.165) is 52.5 Å². The number of aromatic nitrogens is 4. The minimum Gasteiger partial charge on any atom is -0.457 e. The first-order valence-electron chi connectivity index (χ1n) is 15.5. The Morgan fingerprint density at radius 1 is 1.00 bits per heavy atom. The molecule has 2 aromatic heterocycles. The Balaban J connectivity index is 1.15. The molecule has 7 rings (SSSR count). The van der Waals surface area contributed by atoms with Gasteiger partial charge in [0.15, 0.2) is 5.82 Å². The summed E-state index contributed by atoms with van der Waals surface area (Å²) in [6.07, 6.45) is 4.06. The average Bonchev–Trinajstić information content (AvgIpc) is 3.37. The second-order valence-electron chi connectivity index (χ2n) is 12.6. The first-order valence-corrected chi connectivity index (χ1v) is 16.3. The molecule has 4 heterocycles. The predicted molar refractivity (Wildman–Crippen MR) is 165 cm³/mol. The van der Waals surface area contributed by atoms with Crippen molar-refractivity contribution in [3.05, 3.63) is 58.9 Å². The van der Waals surface area contributed by atoms with Crippen LogP contribution in [-0.2, 0) is 16.1 Å². The molecule has 228 valence electrons. The zero-order chi connectivity index (χ0) is 30.4. The summed E-state index contributed by atoms with van der Waals surface area (Å²) < 4.78 is 12.2. The minimum absolute atomic E-state index is 0.0640. The number of carbonyl (C=O) groups excluding carboxylic acids is 2. The topological polar surface area (TPSA) is 115 Å². The van der Waals surface area contributed by atoms with E-state index in [4.69, 9.17) is 14.2 Å². The molecular weight excluding hydrogens is 576 g/mol. The van der Waals surface area contributed by atoms with Crippen LogP contribution in [0, 0.1) is 5.92 Å². The summed E-state index contributed by atoms with van der Waals surface area (Å²) in [7, 11) is 0. The van der Waals surface area contributed by atoms with E-state index < -0.39 is 0 Å². The number of ether oxygens (including phenoxy) is 1. The third-order valence-corrected chi connectivity index (χ3v) is 9.90. The molecule has 1 unspecified atom stereocenters. The molecule has 3 fully saturated rings. The van der Waals surface area contributed by atoms with Crippen LogP contribution in [0.1, 0.15) is 81.1 Å². The molecule has 2 saturated heterocycles. The van der Waals surface area contributed by atoms with Crippen LogP contribution in [0.3, 0.4) is 0 Å². The maximum absolute atomic E-state index is 12.8. The van der Waals surface area contributed by atoms with Gasteiger partial charge >= 0.3 is 0 Å². The lowest BCUT2D eigenvalue weighted by atomic mass is 9.99. The quantitative estimate of drug-likeness (QED) is 0.213. The highest BCUT2D eigenvalue weighted by Gasteiger charge is 2.41. The number of rotatable bonds is 9. The summed E-state index contributed by atoms with van der Waals surface area (Å²) >= 11 is 1.60. The van der Waals surface area contributed by atoms with Crippen molar-refractivity contribution in [2.75, 3.05) is 13.1 Å². The van der Waals surface area contributed by atoms with Crippen molar-refractivity contribution in [2.45, 2.75) is 77.3 Å². The second-order valence-corrected chi connectivity index (χ2v) is 13.6. The smallest absolute Gasteiger partial charge is 0.258 e. The van der Waals surface area contributed by atoms with Crippen molar-refractivity contribution < 1.29 is 18.8 Å². The van der Waals surface area contributed by atoms with Crippen molar-refractivity contribution >= 4 is 23.2 Å². The van der Waals surface area contributed by atoms with E-state index in [1.807, 2.05) is 52.3 Å². The first kappa shape index (κ1) is 28.6. The number of nitrogens with zero attached hydrogens (tertiary/aromatic N) is 6. The highest BCUT2D eigenvalue weighted by Crippen LogP contribution is 2.38. The SMILES string of the molecule is CC1CCC(=O)N(Cc2ccc(-c3nc([C@H]4CC(=O)N(C5CC5)C4)no3)cc2Oc2ccc(-c3nnc(C(C)C)s3)cc2)C1. The Kier molecular flexibility index (Phi) is 7.65. The molecule has 2 amide bonds. The Hall–Kier alpha value is -4.12. The largest absolute Gasteiger partial charge is 0.457 e. The van der Waals surface area contributed by atoms with E-state index in [0.29, 0.717) is 67.0 Å². The maximum Gasteiger partial charge on any atom is 0.258 e. The van der Waals surface area contributed by atoms with Gasteiger partial charge in [0.2, 0.25) is 11.8 Å². The van der Waals surface area contributed by atoms with Crippen LogP contribution in [0.15, 0.2) is 47.0 Å². The fourth-order valence-corrected chi connectivity index (χ4v) is 6.76. The Morgan fingerprint density at radius 2 is 1.80 bits per heavy atom. The summed E-state index contributed by atoms with van der Waals surface area (Å²) in [4.78, 5) is 33.8. The van der Waals surface area contributed by atoms with Crippen LogP contribution in [0.2, 0.25) is 0 Å². The summed E-state index contributed by atoms with van der Waals surface area (Å²) in [5, 5.41) is 14.8. The van der Waals surface area contributed by atoms with Gasteiger partial charge in [-0.15, -0.1) is 10.2 Å². The Labute approximate surface area is 260 Å². The zero-order valence-corrected chi connectivity index (χ0v) is 26.0. The number of likely N-dealkylation sites (tertiary alicyclic amines) is 2. The molecule has 1 aliphatic carbocycles. The van der Waals surface area contributed by atoms with Crippen LogP contribution in [0.5, 0.6) is 11.5 Å². The highest BCUT2D eigenvalue weighted by molar-refractivity contribution is 7.14. The van der Waals surface area contributed by atoms with E-state index >= 15 is 0 Å². The summed E-state index contributed by atoms with van der Waals surface area (Å²) in [6.45, 7) is 8.22.